The summed E-state index contributed by atoms with van der Waals surface area (Å²) in [5, 5.41) is 13.0. The molecule has 1 heterocycles. The molecular formula is C15H19ClN4OS. The lowest BCUT2D eigenvalue weighted by molar-refractivity contribution is 0.102. The third kappa shape index (κ3) is 4.76. The van der Waals surface area contributed by atoms with E-state index in [0.29, 0.717) is 15.7 Å². The molecule has 1 N–H and O–H groups in total. The molecule has 1 aromatic heterocycles. The minimum atomic E-state index is -0.205. The fourth-order valence-corrected chi connectivity index (χ4v) is 2.82. The Kier molecular flexibility index (Phi) is 6.30. The monoisotopic (exact) mass is 338 g/mol. The number of carbonyl (C=O) groups excluding carboxylic acids is 1. The van der Waals surface area contributed by atoms with Crippen molar-refractivity contribution in [2.45, 2.75) is 20.3 Å². The fourth-order valence-electron chi connectivity index (χ4n) is 1.97. The molecule has 0 unspecified atom stereocenters. The molecule has 0 aliphatic rings. The van der Waals surface area contributed by atoms with Gasteiger partial charge in [-0.3, -0.25) is 10.1 Å². The maximum atomic E-state index is 12.1. The Bertz CT molecular complexity index is 610. The van der Waals surface area contributed by atoms with E-state index in [-0.39, 0.29) is 5.91 Å². The number of nitrogens with zero attached hydrogens (tertiary/aromatic N) is 3. The van der Waals surface area contributed by atoms with E-state index in [1.165, 1.54) is 11.3 Å². The average Bonchev–Trinajstić information content (AvgIpc) is 2.96. The van der Waals surface area contributed by atoms with Crippen LogP contribution in [0.1, 0.15) is 29.2 Å². The summed E-state index contributed by atoms with van der Waals surface area (Å²) in [6.45, 7) is 7.28. The Labute approximate surface area is 139 Å². The molecule has 0 spiro atoms. The standard InChI is InChI=1S/C15H19ClN4OS/c1-3-20(4-2)10-9-13-18-19-15(22-13)17-14(21)11-5-7-12(16)8-6-11/h5-8H,3-4,9-10H2,1-2H3,(H,17,19,21). The first-order valence-corrected chi connectivity index (χ1v) is 8.43. The summed E-state index contributed by atoms with van der Waals surface area (Å²) in [6, 6.07) is 6.73. The molecule has 0 saturated carbocycles. The van der Waals surface area contributed by atoms with E-state index in [2.05, 4.69) is 34.3 Å². The summed E-state index contributed by atoms with van der Waals surface area (Å²) in [4.78, 5) is 14.4. The van der Waals surface area contributed by atoms with Crippen molar-refractivity contribution in [2.75, 3.05) is 25.0 Å². The van der Waals surface area contributed by atoms with Crippen molar-refractivity contribution in [3.63, 3.8) is 0 Å². The molecule has 0 aliphatic heterocycles. The summed E-state index contributed by atoms with van der Waals surface area (Å²) in [6.07, 6.45) is 0.843. The number of benzene rings is 1. The lowest BCUT2D eigenvalue weighted by Crippen LogP contribution is -2.25. The van der Waals surface area contributed by atoms with Gasteiger partial charge in [0, 0.05) is 23.6 Å². The lowest BCUT2D eigenvalue weighted by atomic mass is 10.2. The first kappa shape index (κ1) is 16.9. The molecule has 0 radical (unpaired) electrons. The molecule has 2 aromatic rings. The number of anilines is 1. The molecule has 22 heavy (non-hydrogen) atoms. The first-order chi connectivity index (χ1) is 10.6. The van der Waals surface area contributed by atoms with Crippen LogP contribution in [-0.4, -0.2) is 40.6 Å². The van der Waals surface area contributed by atoms with Crippen LogP contribution in [-0.2, 0) is 6.42 Å². The molecule has 0 bridgehead atoms. The van der Waals surface area contributed by atoms with Crippen LogP contribution in [0.5, 0.6) is 0 Å². The number of nitrogens with one attached hydrogen (secondary N) is 1. The third-order valence-corrected chi connectivity index (χ3v) is 4.48. The van der Waals surface area contributed by atoms with E-state index in [1.54, 1.807) is 24.3 Å². The van der Waals surface area contributed by atoms with Crippen molar-refractivity contribution in [1.29, 1.82) is 0 Å². The van der Waals surface area contributed by atoms with Crippen molar-refractivity contribution in [3.8, 4) is 0 Å². The van der Waals surface area contributed by atoms with Crippen LogP contribution in [0.4, 0.5) is 5.13 Å². The van der Waals surface area contributed by atoms with Crippen LogP contribution < -0.4 is 5.32 Å². The number of amides is 1. The van der Waals surface area contributed by atoms with E-state index in [4.69, 9.17) is 11.6 Å². The van der Waals surface area contributed by atoms with E-state index >= 15 is 0 Å². The largest absolute Gasteiger partial charge is 0.303 e. The smallest absolute Gasteiger partial charge is 0.257 e. The van der Waals surface area contributed by atoms with Crippen LogP contribution in [0.25, 0.3) is 0 Å². The molecule has 1 amide bonds. The van der Waals surface area contributed by atoms with Gasteiger partial charge in [-0.15, -0.1) is 10.2 Å². The van der Waals surface area contributed by atoms with Crippen molar-refractivity contribution < 1.29 is 4.79 Å². The summed E-state index contributed by atoms with van der Waals surface area (Å²) < 4.78 is 0. The van der Waals surface area contributed by atoms with Crippen molar-refractivity contribution in [1.82, 2.24) is 15.1 Å². The SMILES string of the molecule is CCN(CC)CCc1nnc(NC(=O)c2ccc(Cl)cc2)s1. The highest BCUT2D eigenvalue weighted by Crippen LogP contribution is 2.17. The van der Waals surface area contributed by atoms with E-state index in [1.807, 2.05) is 0 Å². The molecule has 0 fully saturated rings. The van der Waals surface area contributed by atoms with E-state index in [9.17, 15) is 4.79 Å². The van der Waals surface area contributed by atoms with Crippen LogP contribution >= 0.6 is 22.9 Å². The molecule has 0 atom stereocenters. The third-order valence-electron chi connectivity index (χ3n) is 3.33. The quantitative estimate of drug-likeness (QED) is 0.841. The molecule has 0 aliphatic carbocycles. The summed E-state index contributed by atoms with van der Waals surface area (Å²) in [5.41, 5.74) is 0.546. The minimum Gasteiger partial charge on any atom is -0.303 e. The second-order valence-corrected chi connectivity index (χ2v) is 6.24. The minimum absolute atomic E-state index is 0.205. The van der Waals surface area contributed by atoms with Gasteiger partial charge in [-0.1, -0.05) is 36.8 Å². The molecule has 7 heteroatoms. The van der Waals surface area contributed by atoms with Gasteiger partial charge < -0.3 is 4.90 Å². The first-order valence-electron chi connectivity index (χ1n) is 7.24. The molecule has 5 nitrogen and oxygen atoms in total. The molecule has 1 aromatic carbocycles. The summed E-state index contributed by atoms with van der Waals surface area (Å²) >= 11 is 7.22. The van der Waals surface area contributed by atoms with Crippen LogP contribution in [0, 0.1) is 0 Å². The van der Waals surface area contributed by atoms with Gasteiger partial charge in [0.1, 0.15) is 5.01 Å². The zero-order chi connectivity index (χ0) is 15.9. The van der Waals surface area contributed by atoms with E-state index in [0.717, 1.165) is 31.1 Å². The Balaban J connectivity index is 1.91. The maximum Gasteiger partial charge on any atom is 0.257 e. The molecular weight excluding hydrogens is 320 g/mol. The number of aromatic nitrogens is 2. The fraction of sp³-hybridized carbons (Fsp3) is 0.400. The van der Waals surface area contributed by atoms with Crippen LogP contribution in [0.2, 0.25) is 5.02 Å². The predicted molar refractivity (Wildman–Crippen MR) is 90.8 cm³/mol. The van der Waals surface area contributed by atoms with Gasteiger partial charge >= 0.3 is 0 Å². The number of carbonyl (C=O) groups is 1. The van der Waals surface area contributed by atoms with Gasteiger partial charge in [-0.2, -0.15) is 0 Å². The van der Waals surface area contributed by atoms with Gasteiger partial charge in [-0.05, 0) is 37.4 Å². The Morgan fingerprint density at radius 2 is 1.91 bits per heavy atom. The van der Waals surface area contributed by atoms with Crippen LogP contribution in [0.3, 0.4) is 0 Å². The highest BCUT2D eigenvalue weighted by atomic mass is 35.5. The van der Waals surface area contributed by atoms with Crippen molar-refractivity contribution in [3.05, 3.63) is 39.9 Å². The number of hydrogen-bond acceptors (Lipinski definition) is 5. The second-order valence-electron chi connectivity index (χ2n) is 4.74. The Morgan fingerprint density at radius 3 is 2.55 bits per heavy atom. The number of likely N-dealkylation sites (N-methyl/N-ethyl adjacent to an activating group) is 1. The Hall–Kier alpha value is -1.50. The number of rotatable bonds is 7. The van der Waals surface area contributed by atoms with Gasteiger partial charge in [0.15, 0.2) is 0 Å². The number of hydrogen-bond donors (Lipinski definition) is 1. The highest BCUT2D eigenvalue weighted by Gasteiger charge is 2.11. The van der Waals surface area contributed by atoms with Gasteiger partial charge in [-0.25, -0.2) is 0 Å². The van der Waals surface area contributed by atoms with Gasteiger partial charge in [0.05, 0.1) is 0 Å². The zero-order valence-corrected chi connectivity index (χ0v) is 14.2. The molecule has 118 valence electrons. The summed E-state index contributed by atoms with van der Waals surface area (Å²) in [5.74, 6) is -0.205. The van der Waals surface area contributed by atoms with Crippen LogP contribution in [0.15, 0.2) is 24.3 Å². The predicted octanol–water partition coefficient (Wildman–Crippen LogP) is 3.33. The normalized spacial score (nSPS) is 10.9. The lowest BCUT2D eigenvalue weighted by Gasteiger charge is -2.16. The molecule has 0 saturated heterocycles. The van der Waals surface area contributed by atoms with Gasteiger partial charge in [0.2, 0.25) is 5.13 Å². The zero-order valence-electron chi connectivity index (χ0n) is 12.7. The van der Waals surface area contributed by atoms with Crippen molar-refractivity contribution in [2.24, 2.45) is 0 Å². The summed E-state index contributed by atoms with van der Waals surface area (Å²) in [7, 11) is 0. The maximum absolute atomic E-state index is 12.1. The van der Waals surface area contributed by atoms with E-state index < -0.39 is 0 Å². The topological polar surface area (TPSA) is 58.1 Å². The highest BCUT2D eigenvalue weighted by molar-refractivity contribution is 7.15. The van der Waals surface area contributed by atoms with Gasteiger partial charge in [0.25, 0.3) is 5.91 Å². The molecule has 2 rings (SSSR count). The Morgan fingerprint density at radius 1 is 1.23 bits per heavy atom. The number of halogens is 1. The average molecular weight is 339 g/mol. The second kappa shape index (κ2) is 8.22. The van der Waals surface area contributed by atoms with Crippen molar-refractivity contribution >= 4 is 34.0 Å².